The summed E-state index contributed by atoms with van der Waals surface area (Å²) in [7, 11) is 1.91. The van der Waals surface area contributed by atoms with Gasteiger partial charge in [-0.3, -0.25) is 4.79 Å². The number of rotatable bonds is 8. The lowest BCUT2D eigenvalue weighted by atomic mass is 9.78. The van der Waals surface area contributed by atoms with Gasteiger partial charge in [0.2, 0.25) is 0 Å². The number of ether oxygens (including phenoxy) is 1. The molecule has 2 unspecified atom stereocenters. The summed E-state index contributed by atoms with van der Waals surface area (Å²) >= 11 is 0. The Labute approximate surface area is 129 Å². The van der Waals surface area contributed by atoms with Crippen molar-refractivity contribution in [2.75, 3.05) is 26.7 Å². The first-order valence-corrected chi connectivity index (χ1v) is 8.75. The molecule has 2 rings (SSSR count). The molecule has 2 atom stereocenters. The number of hydrogen-bond acceptors (Lipinski definition) is 4. The van der Waals surface area contributed by atoms with Crippen molar-refractivity contribution in [1.82, 2.24) is 10.2 Å². The number of nitrogens with zero attached hydrogens (tertiary/aromatic N) is 1. The molecule has 0 saturated heterocycles. The molecule has 4 heteroatoms. The van der Waals surface area contributed by atoms with E-state index in [4.69, 9.17) is 4.74 Å². The lowest BCUT2D eigenvalue weighted by Gasteiger charge is -2.43. The number of nitrogens with one attached hydrogen (secondary N) is 1. The van der Waals surface area contributed by atoms with Crippen LogP contribution in [0.15, 0.2) is 0 Å². The average molecular weight is 296 g/mol. The highest BCUT2D eigenvalue weighted by Crippen LogP contribution is 2.36. The van der Waals surface area contributed by atoms with Crippen LogP contribution in [0.3, 0.4) is 0 Å². The van der Waals surface area contributed by atoms with E-state index >= 15 is 0 Å². The molecule has 0 heterocycles. The molecule has 21 heavy (non-hydrogen) atoms. The van der Waals surface area contributed by atoms with Gasteiger partial charge in [0, 0.05) is 12.6 Å². The molecule has 0 aromatic carbocycles. The van der Waals surface area contributed by atoms with Gasteiger partial charge in [-0.15, -0.1) is 0 Å². The summed E-state index contributed by atoms with van der Waals surface area (Å²) < 4.78 is 5.34. The molecule has 122 valence electrons. The van der Waals surface area contributed by atoms with Gasteiger partial charge >= 0.3 is 5.97 Å². The van der Waals surface area contributed by atoms with Crippen molar-refractivity contribution in [2.24, 2.45) is 5.92 Å². The minimum atomic E-state index is -0.464. The fourth-order valence-electron chi connectivity index (χ4n) is 3.68. The zero-order valence-corrected chi connectivity index (χ0v) is 14.0. The van der Waals surface area contributed by atoms with Crippen LogP contribution in [0, 0.1) is 5.92 Å². The van der Waals surface area contributed by atoms with E-state index in [1.165, 1.54) is 32.2 Å². The van der Waals surface area contributed by atoms with E-state index in [9.17, 15) is 4.79 Å². The van der Waals surface area contributed by atoms with Crippen molar-refractivity contribution < 1.29 is 9.53 Å². The minimum Gasteiger partial charge on any atom is -0.465 e. The normalized spacial score (nSPS) is 29.6. The van der Waals surface area contributed by atoms with Gasteiger partial charge in [0.05, 0.1) is 6.61 Å². The minimum absolute atomic E-state index is 0.0555. The van der Waals surface area contributed by atoms with Crippen LogP contribution in [0.1, 0.15) is 58.8 Å². The summed E-state index contributed by atoms with van der Waals surface area (Å²) in [6.45, 7) is 6.98. The van der Waals surface area contributed by atoms with Gasteiger partial charge in [0.1, 0.15) is 5.54 Å². The highest BCUT2D eigenvalue weighted by molar-refractivity contribution is 5.81. The summed E-state index contributed by atoms with van der Waals surface area (Å²) in [5.74, 6) is 0.852. The molecular weight excluding hydrogens is 264 g/mol. The Kier molecular flexibility index (Phi) is 6.06. The predicted octanol–water partition coefficient (Wildman–Crippen LogP) is 2.57. The molecule has 0 radical (unpaired) electrons. The van der Waals surface area contributed by atoms with Gasteiger partial charge in [0.15, 0.2) is 0 Å². The smallest absolute Gasteiger partial charge is 0.326 e. The molecule has 2 saturated carbocycles. The first-order valence-electron chi connectivity index (χ1n) is 8.75. The second-order valence-corrected chi connectivity index (χ2v) is 6.74. The Morgan fingerprint density at radius 1 is 1.33 bits per heavy atom. The number of hydrogen-bond donors (Lipinski definition) is 1. The summed E-state index contributed by atoms with van der Waals surface area (Å²) in [5, 5.41) is 3.30. The first-order chi connectivity index (χ1) is 10.1. The van der Waals surface area contributed by atoms with E-state index in [2.05, 4.69) is 17.1 Å². The van der Waals surface area contributed by atoms with Crippen LogP contribution in [-0.2, 0) is 9.53 Å². The predicted molar refractivity (Wildman–Crippen MR) is 85.3 cm³/mol. The van der Waals surface area contributed by atoms with Gasteiger partial charge in [-0.25, -0.2) is 0 Å². The van der Waals surface area contributed by atoms with E-state index < -0.39 is 5.54 Å². The maximum absolute atomic E-state index is 12.4. The number of carbonyl (C=O) groups excluding carboxylic acids is 1. The summed E-state index contributed by atoms with van der Waals surface area (Å²) in [6.07, 6.45) is 8.10. The first kappa shape index (κ1) is 16.8. The Morgan fingerprint density at radius 2 is 2.10 bits per heavy atom. The molecule has 0 aliphatic heterocycles. The molecular formula is C17H32N2O2. The van der Waals surface area contributed by atoms with E-state index in [-0.39, 0.29) is 5.97 Å². The molecule has 0 spiro atoms. The molecule has 1 N–H and O–H groups in total. The van der Waals surface area contributed by atoms with E-state index in [0.717, 1.165) is 31.7 Å². The summed E-state index contributed by atoms with van der Waals surface area (Å²) in [4.78, 5) is 15.0. The Morgan fingerprint density at radius 3 is 2.67 bits per heavy atom. The monoisotopic (exact) mass is 296 g/mol. The summed E-state index contributed by atoms with van der Waals surface area (Å²) in [5.41, 5.74) is -0.464. The third kappa shape index (κ3) is 4.19. The van der Waals surface area contributed by atoms with Crippen LogP contribution in [0.25, 0.3) is 0 Å². The van der Waals surface area contributed by atoms with Crippen molar-refractivity contribution in [3.63, 3.8) is 0 Å². The van der Waals surface area contributed by atoms with Crippen LogP contribution in [0.2, 0.25) is 0 Å². The molecule has 0 aromatic rings. The lowest BCUT2D eigenvalue weighted by molar-refractivity contribution is -0.153. The van der Waals surface area contributed by atoms with E-state index in [0.29, 0.717) is 12.6 Å². The SMILES string of the molecule is CCCN(CC1CC1)C1CCCC(NC)(C(=O)OCC)C1. The Bertz CT molecular complexity index is 344. The standard InChI is InChI=1S/C17H32N2O2/c1-4-11-19(13-14-8-9-14)15-7-6-10-17(12-15,18-3)16(20)21-5-2/h14-15,18H,4-13H2,1-3H3. The fourth-order valence-corrected chi connectivity index (χ4v) is 3.68. The zero-order chi connectivity index (χ0) is 15.3. The van der Waals surface area contributed by atoms with Crippen molar-refractivity contribution in [2.45, 2.75) is 70.4 Å². The largest absolute Gasteiger partial charge is 0.465 e. The number of likely N-dealkylation sites (N-methyl/N-ethyl adjacent to an activating group) is 1. The van der Waals surface area contributed by atoms with Crippen molar-refractivity contribution in [3.05, 3.63) is 0 Å². The molecule has 4 nitrogen and oxygen atoms in total. The maximum Gasteiger partial charge on any atom is 0.326 e. The topological polar surface area (TPSA) is 41.6 Å². The van der Waals surface area contributed by atoms with Crippen LogP contribution in [0.4, 0.5) is 0 Å². The molecule has 0 bridgehead atoms. The van der Waals surface area contributed by atoms with Gasteiger partial charge in [0.25, 0.3) is 0 Å². The second kappa shape index (κ2) is 7.59. The Hall–Kier alpha value is -0.610. The quantitative estimate of drug-likeness (QED) is 0.699. The van der Waals surface area contributed by atoms with Gasteiger partial charge in [-0.1, -0.05) is 6.92 Å². The van der Waals surface area contributed by atoms with Gasteiger partial charge in [-0.2, -0.15) is 0 Å². The molecule has 2 fully saturated rings. The van der Waals surface area contributed by atoms with Gasteiger partial charge in [-0.05, 0) is 71.4 Å². The van der Waals surface area contributed by atoms with E-state index in [1.807, 2.05) is 14.0 Å². The third-order valence-electron chi connectivity index (χ3n) is 5.09. The molecule has 2 aliphatic rings. The molecule has 0 aromatic heterocycles. The Balaban J connectivity index is 2.03. The number of esters is 1. The van der Waals surface area contributed by atoms with Crippen LogP contribution in [0.5, 0.6) is 0 Å². The van der Waals surface area contributed by atoms with Crippen molar-refractivity contribution in [3.8, 4) is 0 Å². The number of carbonyl (C=O) groups is 1. The van der Waals surface area contributed by atoms with Crippen molar-refractivity contribution >= 4 is 5.97 Å². The maximum atomic E-state index is 12.4. The van der Waals surface area contributed by atoms with Crippen LogP contribution in [-0.4, -0.2) is 49.2 Å². The second-order valence-electron chi connectivity index (χ2n) is 6.74. The van der Waals surface area contributed by atoms with Gasteiger partial charge < -0.3 is 15.0 Å². The molecule has 2 aliphatic carbocycles. The summed E-state index contributed by atoms with van der Waals surface area (Å²) in [6, 6.07) is 0.524. The average Bonchev–Trinajstić information content (AvgIpc) is 3.31. The molecule has 0 amide bonds. The zero-order valence-electron chi connectivity index (χ0n) is 14.0. The fraction of sp³-hybridized carbons (Fsp3) is 0.941. The third-order valence-corrected chi connectivity index (χ3v) is 5.09. The van der Waals surface area contributed by atoms with E-state index in [1.54, 1.807) is 0 Å². The van der Waals surface area contributed by atoms with Crippen LogP contribution >= 0.6 is 0 Å². The van der Waals surface area contributed by atoms with Crippen molar-refractivity contribution in [1.29, 1.82) is 0 Å². The lowest BCUT2D eigenvalue weighted by Crippen LogP contribution is -2.58. The highest BCUT2D eigenvalue weighted by Gasteiger charge is 2.44. The van der Waals surface area contributed by atoms with Crippen LogP contribution < -0.4 is 5.32 Å². The highest BCUT2D eigenvalue weighted by atomic mass is 16.5.